The van der Waals surface area contributed by atoms with Crippen LogP contribution in [0.4, 0.5) is 0 Å². The number of esters is 3. The largest absolute Gasteiger partial charge is 0.493 e. The Kier molecular flexibility index (Phi) is 8.77. The molecule has 0 saturated heterocycles. The van der Waals surface area contributed by atoms with Gasteiger partial charge in [-0.2, -0.15) is 0 Å². The third-order valence-corrected chi connectivity index (χ3v) is 6.92. The van der Waals surface area contributed by atoms with E-state index in [2.05, 4.69) is 10.0 Å². The summed E-state index contributed by atoms with van der Waals surface area (Å²) in [6.45, 7) is 3.87. The van der Waals surface area contributed by atoms with Crippen molar-refractivity contribution in [2.75, 3.05) is 13.7 Å². The lowest BCUT2D eigenvalue weighted by Gasteiger charge is -2.36. The van der Waals surface area contributed by atoms with Gasteiger partial charge in [0.05, 0.1) is 13.7 Å². The maximum atomic E-state index is 12.1. The highest BCUT2D eigenvalue weighted by molar-refractivity contribution is 5.71. The number of carbonyl (C=O) groups excluding carboxylic acids is 3. The maximum Gasteiger partial charge on any atom is 0.308 e. The van der Waals surface area contributed by atoms with Gasteiger partial charge in [-0.3, -0.25) is 14.4 Å². The van der Waals surface area contributed by atoms with Crippen molar-refractivity contribution >= 4 is 17.9 Å². The molecule has 44 heavy (non-hydrogen) atoms. The van der Waals surface area contributed by atoms with Crippen LogP contribution in [0.3, 0.4) is 0 Å². The van der Waals surface area contributed by atoms with Gasteiger partial charge in [0.15, 0.2) is 35.2 Å². The fraction of sp³-hybridized carbons (Fsp3) is 0.323. The maximum absolute atomic E-state index is 12.1. The second-order valence-electron chi connectivity index (χ2n) is 10.0. The zero-order chi connectivity index (χ0) is 31.4. The molecule has 2 heterocycles. The van der Waals surface area contributed by atoms with E-state index in [1.165, 1.54) is 27.9 Å². The van der Waals surface area contributed by atoms with Crippen LogP contribution in [-0.2, 0) is 25.5 Å². The van der Waals surface area contributed by atoms with Crippen molar-refractivity contribution in [3.8, 4) is 34.5 Å². The molecular weight excluding hydrogens is 574 g/mol. The van der Waals surface area contributed by atoms with Gasteiger partial charge in [-0.1, -0.05) is 23.3 Å². The summed E-state index contributed by atoms with van der Waals surface area (Å²) in [6.07, 6.45) is -2.67. The van der Waals surface area contributed by atoms with Gasteiger partial charge in [0, 0.05) is 48.8 Å². The van der Waals surface area contributed by atoms with Gasteiger partial charge < -0.3 is 33.2 Å². The zero-order valence-electron chi connectivity index (χ0n) is 24.3. The minimum absolute atomic E-state index is 0.0297. The number of hydrogen-bond donors (Lipinski definition) is 0. The molecule has 0 aromatic heterocycles. The SMILES string of the molecule is COc1cc([C@H]2Oc3cc([C@H]4Oc5cccc(OC(C)=O)c5C[C@@H]4OC(C)=O)ccc3O[C@@H]2CN=[N+]=[N-])ccc1OC(C)=O. The Morgan fingerprint density at radius 2 is 1.52 bits per heavy atom. The molecule has 0 spiro atoms. The molecule has 0 unspecified atom stereocenters. The Morgan fingerprint density at radius 1 is 0.818 bits per heavy atom. The molecule has 228 valence electrons. The smallest absolute Gasteiger partial charge is 0.308 e. The Bertz CT molecular complexity index is 1650. The van der Waals surface area contributed by atoms with Crippen LogP contribution in [-0.4, -0.2) is 43.8 Å². The molecule has 5 rings (SSSR count). The van der Waals surface area contributed by atoms with Crippen LogP contribution in [0.5, 0.6) is 34.5 Å². The van der Waals surface area contributed by atoms with E-state index < -0.39 is 42.3 Å². The van der Waals surface area contributed by atoms with Crippen LogP contribution in [0.25, 0.3) is 10.4 Å². The van der Waals surface area contributed by atoms with Crippen LogP contribution < -0.4 is 28.4 Å². The van der Waals surface area contributed by atoms with Crippen LogP contribution >= 0.6 is 0 Å². The van der Waals surface area contributed by atoms with Crippen LogP contribution in [0.15, 0.2) is 59.7 Å². The highest BCUT2D eigenvalue weighted by atomic mass is 16.6. The number of nitrogens with zero attached hydrogens (tertiary/aromatic N) is 3. The number of methoxy groups -OCH3 is 1. The Labute approximate surface area is 252 Å². The van der Waals surface area contributed by atoms with E-state index in [0.29, 0.717) is 45.4 Å². The molecule has 0 aliphatic carbocycles. The average molecular weight is 604 g/mol. The van der Waals surface area contributed by atoms with Crippen molar-refractivity contribution < 1.29 is 47.5 Å². The monoisotopic (exact) mass is 603 g/mol. The van der Waals surface area contributed by atoms with Gasteiger partial charge in [0.2, 0.25) is 0 Å². The second-order valence-corrected chi connectivity index (χ2v) is 10.0. The lowest BCUT2D eigenvalue weighted by Crippen LogP contribution is -2.36. The minimum Gasteiger partial charge on any atom is -0.493 e. The first-order valence-electron chi connectivity index (χ1n) is 13.7. The number of ether oxygens (including phenoxy) is 7. The summed E-state index contributed by atoms with van der Waals surface area (Å²) in [5.41, 5.74) is 10.8. The van der Waals surface area contributed by atoms with Gasteiger partial charge in [-0.05, 0) is 41.9 Å². The quantitative estimate of drug-likeness (QED) is 0.108. The van der Waals surface area contributed by atoms with Crippen LogP contribution in [0, 0.1) is 0 Å². The summed E-state index contributed by atoms with van der Waals surface area (Å²) >= 11 is 0. The summed E-state index contributed by atoms with van der Waals surface area (Å²) in [5, 5.41) is 3.69. The first kappa shape index (κ1) is 30.1. The molecule has 2 aliphatic rings. The highest BCUT2D eigenvalue weighted by Crippen LogP contribution is 2.46. The van der Waals surface area contributed by atoms with Crippen molar-refractivity contribution in [2.24, 2.45) is 5.11 Å². The molecule has 13 nitrogen and oxygen atoms in total. The van der Waals surface area contributed by atoms with Crippen molar-refractivity contribution in [2.45, 2.75) is 51.6 Å². The lowest BCUT2D eigenvalue weighted by molar-refractivity contribution is -0.152. The van der Waals surface area contributed by atoms with E-state index in [4.69, 9.17) is 38.7 Å². The van der Waals surface area contributed by atoms with E-state index in [-0.39, 0.29) is 18.7 Å². The number of hydrogen-bond acceptors (Lipinski definition) is 11. The number of fused-ring (bicyclic) bond motifs is 2. The van der Waals surface area contributed by atoms with E-state index in [0.717, 1.165) is 0 Å². The highest BCUT2D eigenvalue weighted by Gasteiger charge is 2.38. The summed E-state index contributed by atoms with van der Waals surface area (Å²) in [6, 6.07) is 15.3. The fourth-order valence-electron chi connectivity index (χ4n) is 5.19. The molecule has 3 aromatic carbocycles. The standard InChI is InChI=1S/C31H29N3O10/c1-16(35)39-22-6-5-7-23-21(22)14-28(41-18(3)37)30(43-23)20-9-11-25-27(13-20)44-31(29(42-25)15-33-34-32)19-8-10-24(40-17(2)36)26(12-19)38-4/h5-13,28-31H,14-15H2,1-4H3/t28-,29+,30+,31+/m0/s1. The molecule has 0 amide bonds. The van der Waals surface area contributed by atoms with E-state index in [1.54, 1.807) is 54.6 Å². The third-order valence-electron chi connectivity index (χ3n) is 6.92. The number of carbonyl (C=O) groups is 3. The molecule has 13 heteroatoms. The van der Waals surface area contributed by atoms with E-state index >= 15 is 0 Å². The normalized spacial score (nSPS) is 19.7. The second kappa shape index (κ2) is 12.8. The first-order chi connectivity index (χ1) is 21.2. The Balaban J connectivity index is 1.50. The van der Waals surface area contributed by atoms with Gasteiger partial charge in [-0.25, -0.2) is 0 Å². The van der Waals surface area contributed by atoms with E-state index in [9.17, 15) is 14.4 Å². The molecule has 0 radical (unpaired) electrons. The van der Waals surface area contributed by atoms with Crippen molar-refractivity contribution in [1.29, 1.82) is 0 Å². The van der Waals surface area contributed by atoms with Crippen molar-refractivity contribution in [3.63, 3.8) is 0 Å². The van der Waals surface area contributed by atoms with Gasteiger partial charge >= 0.3 is 17.9 Å². The predicted molar refractivity (Wildman–Crippen MR) is 153 cm³/mol. The van der Waals surface area contributed by atoms with Crippen molar-refractivity contribution in [1.82, 2.24) is 0 Å². The molecule has 4 atom stereocenters. The third kappa shape index (κ3) is 6.47. The zero-order valence-corrected chi connectivity index (χ0v) is 24.3. The molecule has 0 saturated carbocycles. The Morgan fingerprint density at radius 3 is 2.23 bits per heavy atom. The predicted octanol–water partition coefficient (Wildman–Crippen LogP) is 5.35. The van der Waals surface area contributed by atoms with Crippen molar-refractivity contribution in [3.05, 3.63) is 81.7 Å². The van der Waals surface area contributed by atoms with E-state index in [1.807, 2.05) is 0 Å². The summed E-state index contributed by atoms with van der Waals surface area (Å²) in [7, 11) is 1.44. The molecule has 3 aromatic rings. The average Bonchev–Trinajstić information content (AvgIpc) is 2.98. The summed E-state index contributed by atoms with van der Waals surface area (Å²) in [5.74, 6) is 0.647. The topological polar surface area (TPSA) is 165 Å². The summed E-state index contributed by atoms with van der Waals surface area (Å²) < 4.78 is 40.6. The molecular formula is C31H29N3O10. The minimum atomic E-state index is -0.745. The molecule has 0 fully saturated rings. The Hall–Kier alpha value is -5.42. The van der Waals surface area contributed by atoms with Gasteiger partial charge in [-0.15, -0.1) is 0 Å². The van der Waals surface area contributed by atoms with Crippen LogP contribution in [0.1, 0.15) is 49.7 Å². The van der Waals surface area contributed by atoms with Gasteiger partial charge in [0.1, 0.15) is 23.7 Å². The van der Waals surface area contributed by atoms with Crippen LogP contribution in [0.2, 0.25) is 0 Å². The number of rotatable bonds is 8. The fourth-order valence-corrected chi connectivity index (χ4v) is 5.19. The number of benzene rings is 3. The molecule has 0 N–H and O–H groups in total. The van der Waals surface area contributed by atoms with Gasteiger partial charge in [0.25, 0.3) is 0 Å². The molecule has 2 aliphatic heterocycles. The lowest BCUT2D eigenvalue weighted by atomic mass is 9.93. The first-order valence-corrected chi connectivity index (χ1v) is 13.7. The number of azide groups is 1. The summed E-state index contributed by atoms with van der Waals surface area (Å²) in [4.78, 5) is 38.1. The molecule has 0 bridgehead atoms.